The number of nitrogens with one attached hydrogen (secondary N) is 1. The van der Waals surface area contributed by atoms with Crippen LogP contribution in [0.1, 0.15) is 30.3 Å². The summed E-state index contributed by atoms with van der Waals surface area (Å²) in [6.45, 7) is 1.88. The van der Waals surface area contributed by atoms with Gasteiger partial charge in [-0.15, -0.1) is 11.3 Å². The summed E-state index contributed by atoms with van der Waals surface area (Å²) in [5.74, 6) is -0.967. The molecule has 1 atom stereocenters. The Morgan fingerprint density at radius 2 is 2.25 bits per heavy atom. The van der Waals surface area contributed by atoms with Gasteiger partial charge in [-0.25, -0.2) is 9.78 Å². The van der Waals surface area contributed by atoms with Gasteiger partial charge >= 0.3 is 5.97 Å². The SMILES string of the molecule is COC(=O)C1CCCN1C(=O)c1csc(NC(C)=O)n1. The van der Waals surface area contributed by atoms with Crippen molar-refractivity contribution in [3.8, 4) is 0 Å². The molecule has 1 aromatic heterocycles. The number of nitrogens with zero attached hydrogens (tertiary/aromatic N) is 2. The van der Waals surface area contributed by atoms with E-state index in [0.29, 0.717) is 18.1 Å². The summed E-state index contributed by atoms with van der Waals surface area (Å²) in [6, 6.07) is -0.543. The highest BCUT2D eigenvalue weighted by molar-refractivity contribution is 7.14. The minimum Gasteiger partial charge on any atom is -0.467 e. The van der Waals surface area contributed by atoms with Crippen LogP contribution in [0.15, 0.2) is 5.38 Å². The predicted molar refractivity (Wildman–Crippen MR) is 72.5 cm³/mol. The molecule has 1 fully saturated rings. The zero-order chi connectivity index (χ0) is 14.7. The third-order valence-electron chi connectivity index (χ3n) is 2.99. The lowest BCUT2D eigenvalue weighted by molar-refractivity contribution is -0.145. The van der Waals surface area contributed by atoms with E-state index in [2.05, 4.69) is 10.3 Å². The van der Waals surface area contributed by atoms with Crippen molar-refractivity contribution in [3.05, 3.63) is 11.1 Å². The van der Waals surface area contributed by atoms with Crippen LogP contribution in [0.4, 0.5) is 5.13 Å². The summed E-state index contributed by atoms with van der Waals surface area (Å²) in [5.41, 5.74) is 0.231. The molecule has 1 aliphatic heterocycles. The number of methoxy groups -OCH3 is 1. The lowest BCUT2D eigenvalue weighted by atomic mass is 10.2. The fourth-order valence-corrected chi connectivity index (χ4v) is 2.85. The van der Waals surface area contributed by atoms with Crippen LogP contribution in [0.3, 0.4) is 0 Å². The number of amides is 2. The summed E-state index contributed by atoms with van der Waals surface area (Å²) < 4.78 is 4.70. The number of thiazole rings is 1. The first-order valence-corrected chi connectivity index (χ1v) is 7.03. The zero-order valence-corrected chi connectivity index (χ0v) is 12.0. The number of hydrogen-bond donors (Lipinski definition) is 1. The Labute approximate surface area is 119 Å². The summed E-state index contributed by atoms with van der Waals surface area (Å²) in [5, 5.41) is 4.46. The number of anilines is 1. The first-order valence-electron chi connectivity index (χ1n) is 6.15. The third-order valence-corrected chi connectivity index (χ3v) is 3.75. The van der Waals surface area contributed by atoms with E-state index in [-0.39, 0.29) is 17.5 Å². The molecule has 8 heteroatoms. The smallest absolute Gasteiger partial charge is 0.328 e. The maximum atomic E-state index is 12.3. The fourth-order valence-electron chi connectivity index (χ4n) is 2.12. The first-order chi connectivity index (χ1) is 9.52. The number of aromatic nitrogens is 1. The molecule has 1 N–H and O–H groups in total. The van der Waals surface area contributed by atoms with Crippen molar-refractivity contribution < 1.29 is 19.1 Å². The molecule has 2 rings (SSSR count). The van der Waals surface area contributed by atoms with E-state index < -0.39 is 12.0 Å². The molecule has 1 aliphatic rings. The topological polar surface area (TPSA) is 88.6 Å². The molecule has 1 saturated heterocycles. The molecule has 108 valence electrons. The Morgan fingerprint density at radius 3 is 2.90 bits per heavy atom. The number of hydrogen-bond acceptors (Lipinski definition) is 6. The minimum absolute atomic E-state index is 0.231. The maximum Gasteiger partial charge on any atom is 0.328 e. The zero-order valence-electron chi connectivity index (χ0n) is 11.2. The molecule has 0 aromatic carbocycles. The quantitative estimate of drug-likeness (QED) is 0.837. The summed E-state index contributed by atoms with van der Waals surface area (Å²) >= 11 is 1.17. The highest BCUT2D eigenvalue weighted by Crippen LogP contribution is 2.23. The van der Waals surface area contributed by atoms with Crippen LogP contribution < -0.4 is 5.32 Å². The summed E-state index contributed by atoms with van der Waals surface area (Å²) in [6.07, 6.45) is 1.36. The number of rotatable bonds is 3. The van der Waals surface area contributed by atoms with Crippen LogP contribution in [0.5, 0.6) is 0 Å². The normalized spacial score (nSPS) is 17.9. The lowest BCUT2D eigenvalue weighted by Crippen LogP contribution is -2.41. The van der Waals surface area contributed by atoms with Gasteiger partial charge in [0.15, 0.2) is 5.13 Å². The second-order valence-electron chi connectivity index (χ2n) is 4.40. The van der Waals surface area contributed by atoms with Gasteiger partial charge in [0.25, 0.3) is 5.91 Å². The molecule has 1 unspecified atom stereocenters. The van der Waals surface area contributed by atoms with Gasteiger partial charge in [-0.2, -0.15) is 0 Å². The molecule has 0 aliphatic carbocycles. The minimum atomic E-state index is -0.543. The highest BCUT2D eigenvalue weighted by Gasteiger charge is 2.36. The number of ether oxygens (including phenoxy) is 1. The monoisotopic (exact) mass is 297 g/mol. The van der Waals surface area contributed by atoms with Gasteiger partial charge in [0, 0.05) is 18.8 Å². The average Bonchev–Trinajstić information content (AvgIpc) is 3.04. The van der Waals surface area contributed by atoms with Crippen molar-refractivity contribution in [1.29, 1.82) is 0 Å². The lowest BCUT2D eigenvalue weighted by Gasteiger charge is -2.21. The molecule has 0 bridgehead atoms. The molecule has 2 heterocycles. The number of carbonyl (C=O) groups is 3. The van der Waals surface area contributed by atoms with Crippen molar-refractivity contribution in [1.82, 2.24) is 9.88 Å². The van der Waals surface area contributed by atoms with Crippen LogP contribution >= 0.6 is 11.3 Å². The molecule has 0 spiro atoms. The molecule has 0 saturated carbocycles. The van der Waals surface area contributed by atoms with Crippen LogP contribution in [0.25, 0.3) is 0 Å². The van der Waals surface area contributed by atoms with Gasteiger partial charge in [-0.05, 0) is 12.8 Å². The average molecular weight is 297 g/mol. The van der Waals surface area contributed by atoms with E-state index in [4.69, 9.17) is 4.74 Å². The second kappa shape index (κ2) is 6.00. The second-order valence-corrected chi connectivity index (χ2v) is 5.26. The Bertz CT molecular complexity index is 543. The van der Waals surface area contributed by atoms with Crippen molar-refractivity contribution >= 4 is 34.3 Å². The van der Waals surface area contributed by atoms with Crippen LogP contribution in [0, 0.1) is 0 Å². The Hall–Kier alpha value is -1.96. The van der Waals surface area contributed by atoms with Crippen molar-refractivity contribution in [2.75, 3.05) is 19.0 Å². The summed E-state index contributed by atoms with van der Waals surface area (Å²) in [7, 11) is 1.31. The van der Waals surface area contributed by atoms with E-state index in [1.165, 1.54) is 30.3 Å². The molecule has 2 amide bonds. The van der Waals surface area contributed by atoms with Gasteiger partial charge in [0.05, 0.1) is 7.11 Å². The molecular weight excluding hydrogens is 282 g/mol. The van der Waals surface area contributed by atoms with Crippen molar-refractivity contribution in [2.45, 2.75) is 25.8 Å². The number of likely N-dealkylation sites (tertiary alicyclic amines) is 1. The van der Waals surface area contributed by atoms with Crippen LogP contribution in [-0.4, -0.2) is 47.4 Å². The molecule has 0 radical (unpaired) electrons. The fraction of sp³-hybridized carbons (Fsp3) is 0.500. The van der Waals surface area contributed by atoms with E-state index in [1.54, 1.807) is 5.38 Å². The summed E-state index contributed by atoms with van der Waals surface area (Å²) in [4.78, 5) is 40.4. The first kappa shape index (κ1) is 14.4. The van der Waals surface area contributed by atoms with Crippen LogP contribution in [0.2, 0.25) is 0 Å². The van der Waals surface area contributed by atoms with Gasteiger partial charge in [-0.3, -0.25) is 9.59 Å². The van der Waals surface area contributed by atoms with E-state index >= 15 is 0 Å². The van der Waals surface area contributed by atoms with Gasteiger partial charge in [0.1, 0.15) is 11.7 Å². The van der Waals surface area contributed by atoms with Gasteiger partial charge in [-0.1, -0.05) is 0 Å². The Kier molecular flexibility index (Phi) is 4.33. The molecule has 1 aromatic rings. The van der Waals surface area contributed by atoms with Crippen LogP contribution in [-0.2, 0) is 14.3 Å². The van der Waals surface area contributed by atoms with Crippen molar-refractivity contribution in [2.24, 2.45) is 0 Å². The Morgan fingerprint density at radius 1 is 1.50 bits per heavy atom. The van der Waals surface area contributed by atoms with Gasteiger partial charge in [0.2, 0.25) is 5.91 Å². The molecule has 7 nitrogen and oxygen atoms in total. The number of esters is 1. The number of carbonyl (C=O) groups excluding carboxylic acids is 3. The molecule has 20 heavy (non-hydrogen) atoms. The molecular formula is C12H15N3O4S. The standard InChI is InChI=1S/C12H15N3O4S/c1-7(16)13-12-14-8(6-20-12)10(17)15-5-3-4-9(15)11(18)19-2/h6,9H,3-5H2,1-2H3,(H,13,14,16). The largest absolute Gasteiger partial charge is 0.467 e. The van der Waals surface area contributed by atoms with E-state index in [0.717, 1.165) is 6.42 Å². The van der Waals surface area contributed by atoms with Gasteiger partial charge < -0.3 is 15.0 Å². The van der Waals surface area contributed by atoms with Crippen molar-refractivity contribution in [3.63, 3.8) is 0 Å². The van der Waals surface area contributed by atoms with E-state index in [1.807, 2.05) is 0 Å². The third kappa shape index (κ3) is 2.96. The predicted octanol–water partition coefficient (Wildman–Crippen LogP) is 0.879. The Balaban J connectivity index is 2.12. The van der Waals surface area contributed by atoms with E-state index in [9.17, 15) is 14.4 Å². The maximum absolute atomic E-state index is 12.3. The highest BCUT2D eigenvalue weighted by atomic mass is 32.1.